The number of carbonyl (C=O) groups is 1. The first kappa shape index (κ1) is 45.9. The van der Waals surface area contributed by atoms with Gasteiger partial charge in [-0.25, -0.2) is 4.79 Å². The third-order valence-corrected chi connectivity index (χ3v) is 7.10. The predicted molar refractivity (Wildman–Crippen MR) is 192 cm³/mol. The molecule has 0 amide bonds. The fourth-order valence-electron chi connectivity index (χ4n) is 4.38. The molecule has 0 aliphatic rings. The molecule has 0 N–H and O–H groups in total. The van der Waals surface area contributed by atoms with Crippen LogP contribution in [0.3, 0.4) is 0 Å². The monoisotopic (exact) mass is 714 g/mol. The largest absolute Gasteiger partial charge is 0.491 e. The van der Waals surface area contributed by atoms with Gasteiger partial charge in [-0.15, -0.1) is 0 Å². The van der Waals surface area contributed by atoms with E-state index in [4.69, 9.17) is 52.1 Å². The highest BCUT2D eigenvalue weighted by atomic mass is 16.6. The molecule has 290 valence electrons. The molecule has 0 saturated heterocycles. The van der Waals surface area contributed by atoms with Gasteiger partial charge in [-0.3, -0.25) is 0 Å². The van der Waals surface area contributed by atoms with E-state index >= 15 is 0 Å². The lowest BCUT2D eigenvalue weighted by atomic mass is 10.0. The fourth-order valence-corrected chi connectivity index (χ4v) is 4.38. The molecular weight excluding hydrogens is 648 g/mol. The zero-order valence-corrected chi connectivity index (χ0v) is 30.8. The van der Waals surface area contributed by atoms with Gasteiger partial charge in [0.25, 0.3) is 0 Å². The van der Waals surface area contributed by atoms with Crippen molar-refractivity contribution in [1.82, 2.24) is 0 Å². The zero-order chi connectivity index (χ0) is 35.8. The van der Waals surface area contributed by atoms with Gasteiger partial charge in [0.2, 0.25) is 0 Å². The Labute approximate surface area is 301 Å². The Balaban J connectivity index is 1.70. The van der Waals surface area contributed by atoms with E-state index in [0.717, 1.165) is 18.2 Å². The van der Waals surface area contributed by atoms with Crippen molar-refractivity contribution in [3.63, 3.8) is 0 Å². The molecule has 0 spiro atoms. The highest BCUT2D eigenvalue weighted by Gasteiger charge is 2.00. The molecule has 0 heterocycles. The van der Waals surface area contributed by atoms with Gasteiger partial charge in [0.15, 0.2) is 0 Å². The number of rotatable bonds is 40. The van der Waals surface area contributed by atoms with Gasteiger partial charge in [-0.2, -0.15) is 0 Å². The van der Waals surface area contributed by atoms with E-state index in [1.165, 1.54) is 50.5 Å². The van der Waals surface area contributed by atoms with Crippen LogP contribution in [0.25, 0.3) is 0 Å². The lowest BCUT2D eigenvalue weighted by Gasteiger charge is -2.09. The number of benzene rings is 1. The van der Waals surface area contributed by atoms with Crippen LogP contribution in [0.5, 0.6) is 5.75 Å². The topological polar surface area (TPSA) is 119 Å². The van der Waals surface area contributed by atoms with Crippen molar-refractivity contribution >= 4 is 5.97 Å². The summed E-state index contributed by atoms with van der Waals surface area (Å²) in [6.07, 6.45) is 11.6. The molecule has 0 saturated carbocycles. The maximum atomic E-state index is 10.9. The Morgan fingerprint density at radius 2 is 0.820 bits per heavy atom. The normalized spacial score (nSPS) is 11.2. The predicted octanol–water partition coefficient (Wildman–Crippen LogP) is 5.24. The van der Waals surface area contributed by atoms with Crippen molar-refractivity contribution < 1.29 is 56.9 Å². The summed E-state index contributed by atoms with van der Waals surface area (Å²) < 4.78 is 59.8. The van der Waals surface area contributed by atoms with Crippen molar-refractivity contribution in [1.29, 1.82) is 0 Å². The standard InChI is InChI=1S/C38H66O12/c1-3-5-6-7-8-9-10-11-36-12-14-37(15-13-36)49-34-32-47-30-28-45-26-24-43-22-20-41-18-16-40-17-19-42-21-23-44-25-27-46-29-31-48-33-35-50-38(39)4-2/h4,12-15H,2-3,5-11,16-35H2,1H3. The average molecular weight is 715 g/mol. The minimum absolute atomic E-state index is 0.200. The Kier molecular flexibility index (Phi) is 35.0. The molecule has 50 heavy (non-hydrogen) atoms. The van der Waals surface area contributed by atoms with E-state index in [2.05, 4.69) is 37.8 Å². The zero-order valence-electron chi connectivity index (χ0n) is 30.8. The number of hydrogen-bond donors (Lipinski definition) is 0. The van der Waals surface area contributed by atoms with Gasteiger partial charge in [-0.05, 0) is 30.5 Å². The lowest BCUT2D eigenvalue weighted by molar-refractivity contribution is -0.139. The van der Waals surface area contributed by atoms with Crippen LogP contribution in [0.4, 0.5) is 0 Å². The average Bonchev–Trinajstić information content (AvgIpc) is 3.13. The van der Waals surface area contributed by atoms with Crippen LogP contribution in [0, 0.1) is 0 Å². The third-order valence-electron chi connectivity index (χ3n) is 7.10. The van der Waals surface area contributed by atoms with E-state index in [0.29, 0.717) is 126 Å². The first-order chi connectivity index (χ1) is 24.8. The molecule has 0 atom stereocenters. The maximum Gasteiger partial charge on any atom is 0.330 e. The Morgan fingerprint density at radius 3 is 1.20 bits per heavy atom. The molecule has 12 heteroatoms. The van der Waals surface area contributed by atoms with Crippen molar-refractivity contribution in [2.75, 3.05) is 132 Å². The summed E-state index contributed by atoms with van der Waals surface area (Å²) >= 11 is 0. The second-order valence-electron chi connectivity index (χ2n) is 11.2. The van der Waals surface area contributed by atoms with Crippen molar-refractivity contribution in [2.24, 2.45) is 0 Å². The molecule has 0 unspecified atom stereocenters. The van der Waals surface area contributed by atoms with E-state index in [-0.39, 0.29) is 6.61 Å². The highest BCUT2D eigenvalue weighted by Crippen LogP contribution is 2.15. The molecule has 0 aromatic heterocycles. The molecule has 0 aliphatic carbocycles. The Bertz CT molecular complexity index is 855. The molecule has 0 fully saturated rings. The summed E-state index contributed by atoms with van der Waals surface area (Å²) in [6.45, 7) is 15.0. The van der Waals surface area contributed by atoms with Gasteiger partial charge in [0, 0.05) is 6.08 Å². The van der Waals surface area contributed by atoms with Crippen molar-refractivity contribution in [2.45, 2.75) is 58.3 Å². The van der Waals surface area contributed by atoms with Crippen LogP contribution in [0.15, 0.2) is 36.9 Å². The number of hydrogen-bond acceptors (Lipinski definition) is 12. The van der Waals surface area contributed by atoms with Crippen molar-refractivity contribution in [3.05, 3.63) is 42.5 Å². The van der Waals surface area contributed by atoms with E-state index < -0.39 is 5.97 Å². The highest BCUT2D eigenvalue weighted by molar-refractivity contribution is 5.81. The smallest absolute Gasteiger partial charge is 0.330 e. The van der Waals surface area contributed by atoms with Gasteiger partial charge < -0.3 is 52.1 Å². The van der Waals surface area contributed by atoms with E-state index in [1.807, 2.05) is 0 Å². The quantitative estimate of drug-likeness (QED) is 0.0503. The van der Waals surface area contributed by atoms with Crippen LogP contribution >= 0.6 is 0 Å². The molecule has 0 bridgehead atoms. The summed E-state index contributed by atoms with van der Waals surface area (Å²) in [6, 6.07) is 8.44. The molecule has 0 radical (unpaired) electrons. The molecule has 12 nitrogen and oxygen atoms in total. The first-order valence-electron chi connectivity index (χ1n) is 18.5. The van der Waals surface area contributed by atoms with Gasteiger partial charge >= 0.3 is 5.97 Å². The Morgan fingerprint density at radius 1 is 0.480 bits per heavy atom. The summed E-state index contributed by atoms with van der Waals surface area (Å²) in [4.78, 5) is 10.9. The van der Waals surface area contributed by atoms with Crippen LogP contribution in [0.1, 0.15) is 57.4 Å². The minimum Gasteiger partial charge on any atom is -0.491 e. The lowest BCUT2D eigenvalue weighted by Crippen LogP contribution is -2.15. The molecule has 0 aliphatic heterocycles. The molecule has 1 aromatic carbocycles. The van der Waals surface area contributed by atoms with E-state index in [9.17, 15) is 4.79 Å². The fraction of sp³-hybridized carbons (Fsp3) is 0.763. The Hall–Kier alpha value is -2.13. The second-order valence-corrected chi connectivity index (χ2v) is 11.2. The van der Waals surface area contributed by atoms with Gasteiger partial charge in [0.05, 0.1) is 119 Å². The number of ether oxygens (including phenoxy) is 11. The van der Waals surface area contributed by atoms with Crippen LogP contribution in [0.2, 0.25) is 0 Å². The van der Waals surface area contributed by atoms with Crippen LogP contribution < -0.4 is 4.74 Å². The minimum atomic E-state index is -0.457. The second kappa shape index (κ2) is 38.1. The first-order valence-corrected chi connectivity index (χ1v) is 18.5. The van der Waals surface area contributed by atoms with E-state index in [1.54, 1.807) is 0 Å². The van der Waals surface area contributed by atoms with Crippen molar-refractivity contribution in [3.8, 4) is 5.75 Å². The third kappa shape index (κ3) is 33.0. The summed E-state index contributed by atoms with van der Waals surface area (Å²) in [7, 11) is 0. The number of unbranched alkanes of at least 4 members (excludes halogenated alkanes) is 6. The summed E-state index contributed by atoms with van der Waals surface area (Å²) in [5, 5.41) is 0. The van der Waals surface area contributed by atoms with Crippen LogP contribution in [-0.4, -0.2) is 138 Å². The van der Waals surface area contributed by atoms with Gasteiger partial charge in [0.1, 0.15) is 19.0 Å². The molecule has 1 aromatic rings. The number of esters is 1. The van der Waals surface area contributed by atoms with Crippen LogP contribution in [-0.2, 0) is 58.6 Å². The summed E-state index contributed by atoms with van der Waals surface area (Å²) in [5.41, 5.74) is 1.38. The number of aryl methyl sites for hydroxylation is 1. The number of carbonyl (C=O) groups excluding carboxylic acids is 1. The van der Waals surface area contributed by atoms with Gasteiger partial charge in [-0.1, -0.05) is 64.2 Å². The molecule has 1 rings (SSSR count). The molecular formula is C38H66O12. The summed E-state index contributed by atoms with van der Waals surface area (Å²) in [5.74, 6) is 0.426. The SMILES string of the molecule is C=CC(=O)OCCOCCOCCOCCOCCOCCOCCOCCOCCOCCOc1ccc(CCCCCCCCC)cc1. The maximum absolute atomic E-state index is 10.9.